The van der Waals surface area contributed by atoms with E-state index in [4.69, 9.17) is 4.98 Å². The van der Waals surface area contributed by atoms with Crippen LogP contribution in [0.5, 0.6) is 0 Å². The highest BCUT2D eigenvalue weighted by atomic mass is 15.1. The van der Waals surface area contributed by atoms with Gasteiger partial charge in [-0.2, -0.15) is 5.10 Å². The summed E-state index contributed by atoms with van der Waals surface area (Å²) in [5, 5.41) is 15.2. The largest absolute Gasteiger partial charge is 0.379 e. The van der Waals surface area contributed by atoms with E-state index in [-0.39, 0.29) is 0 Å². The molecule has 0 saturated heterocycles. The maximum Gasteiger partial charge on any atom is 0.127 e. The molecule has 134 valence electrons. The second kappa shape index (κ2) is 6.76. The third-order valence-corrected chi connectivity index (χ3v) is 5.21. The Balaban J connectivity index is 1.38. The van der Waals surface area contributed by atoms with Gasteiger partial charge in [0.2, 0.25) is 0 Å². The Morgan fingerprint density at radius 2 is 1.96 bits per heavy atom. The molecule has 1 atom stereocenters. The van der Waals surface area contributed by atoms with Gasteiger partial charge in [0.25, 0.3) is 0 Å². The average molecular weight is 355 g/mol. The molecule has 1 aliphatic carbocycles. The molecule has 5 heteroatoms. The van der Waals surface area contributed by atoms with Crippen LogP contribution in [-0.4, -0.2) is 15.2 Å². The maximum absolute atomic E-state index is 4.84. The summed E-state index contributed by atoms with van der Waals surface area (Å²) < 4.78 is 0. The van der Waals surface area contributed by atoms with Crippen molar-refractivity contribution >= 4 is 22.4 Å². The van der Waals surface area contributed by atoms with E-state index >= 15 is 0 Å². The zero-order chi connectivity index (χ0) is 18.1. The van der Waals surface area contributed by atoms with Crippen molar-refractivity contribution in [1.29, 1.82) is 0 Å². The van der Waals surface area contributed by atoms with E-state index in [9.17, 15) is 0 Å². The Morgan fingerprint density at radius 3 is 2.89 bits per heavy atom. The van der Waals surface area contributed by atoms with Gasteiger partial charge in [0.15, 0.2) is 0 Å². The maximum atomic E-state index is 4.84. The Kier molecular flexibility index (Phi) is 3.98. The van der Waals surface area contributed by atoms with Gasteiger partial charge in [0.05, 0.1) is 23.8 Å². The van der Waals surface area contributed by atoms with Crippen LogP contribution < -0.4 is 10.6 Å². The Bertz CT molecular complexity index is 1070. The Morgan fingerprint density at radius 1 is 1.00 bits per heavy atom. The van der Waals surface area contributed by atoms with Crippen molar-refractivity contribution in [3.8, 4) is 0 Å². The van der Waals surface area contributed by atoms with Crippen LogP contribution in [0.15, 0.2) is 66.9 Å². The molecule has 2 aromatic carbocycles. The van der Waals surface area contributed by atoms with Gasteiger partial charge in [-0.3, -0.25) is 5.10 Å². The molecule has 0 aliphatic heterocycles. The smallest absolute Gasteiger partial charge is 0.127 e. The highest BCUT2D eigenvalue weighted by molar-refractivity contribution is 5.92. The summed E-state index contributed by atoms with van der Waals surface area (Å²) in [6.45, 7) is 0.682. The molecule has 27 heavy (non-hydrogen) atoms. The van der Waals surface area contributed by atoms with Crippen molar-refractivity contribution in [2.24, 2.45) is 0 Å². The van der Waals surface area contributed by atoms with Crippen molar-refractivity contribution in [1.82, 2.24) is 15.2 Å². The normalized spacial score (nSPS) is 15.6. The number of rotatable bonds is 5. The number of anilines is 2. The number of H-pyrrole nitrogens is 1. The van der Waals surface area contributed by atoms with Crippen LogP contribution in [0.3, 0.4) is 0 Å². The van der Waals surface area contributed by atoms with Gasteiger partial charge in [0.1, 0.15) is 5.82 Å². The van der Waals surface area contributed by atoms with Gasteiger partial charge in [-0.25, -0.2) is 4.98 Å². The molecule has 0 saturated carbocycles. The highest BCUT2D eigenvalue weighted by Gasteiger charge is 2.21. The lowest BCUT2D eigenvalue weighted by atomic mass is 10.1. The third kappa shape index (κ3) is 3.12. The van der Waals surface area contributed by atoms with Gasteiger partial charge in [0, 0.05) is 17.3 Å². The second-order valence-electron chi connectivity index (χ2n) is 6.92. The van der Waals surface area contributed by atoms with Crippen LogP contribution in [0.2, 0.25) is 0 Å². The molecule has 0 fully saturated rings. The van der Waals surface area contributed by atoms with E-state index in [1.807, 2.05) is 18.3 Å². The summed E-state index contributed by atoms with van der Waals surface area (Å²) in [5.41, 5.74) is 5.88. The first-order valence-electron chi connectivity index (χ1n) is 9.33. The molecule has 2 aromatic heterocycles. The van der Waals surface area contributed by atoms with Crippen LogP contribution in [0.1, 0.15) is 29.3 Å². The summed E-state index contributed by atoms with van der Waals surface area (Å²) in [5.74, 6) is 0.925. The number of aromatic nitrogens is 3. The molecule has 5 nitrogen and oxygen atoms in total. The zero-order valence-corrected chi connectivity index (χ0v) is 14.9. The molecular formula is C22H21N5. The van der Waals surface area contributed by atoms with Crippen LogP contribution in [0.4, 0.5) is 11.5 Å². The molecule has 0 amide bonds. The van der Waals surface area contributed by atoms with Crippen molar-refractivity contribution in [2.75, 3.05) is 10.6 Å². The lowest BCUT2D eigenvalue weighted by molar-refractivity contribution is 0.758. The molecular weight excluding hydrogens is 334 g/mol. The Labute approximate surface area is 157 Å². The van der Waals surface area contributed by atoms with E-state index in [1.165, 1.54) is 11.1 Å². The van der Waals surface area contributed by atoms with Gasteiger partial charge >= 0.3 is 0 Å². The fourth-order valence-corrected chi connectivity index (χ4v) is 3.85. The minimum atomic E-state index is 0.340. The van der Waals surface area contributed by atoms with Crippen LogP contribution in [0.25, 0.3) is 10.9 Å². The van der Waals surface area contributed by atoms with E-state index < -0.39 is 0 Å². The molecule has 0 bridgehead atoms. The van der Waals surface area contributed by atoms with Gasteiger partial charge in [-0.15, -0.1) is 0 Å². The monoisotopic (exact) mass is 355 g/mol. The van der Waals surface area contributed by atoms with E-state index in [1.54, 1.807) is 0 Å². The number of aryl methyl sites for hydroxylation is 1. The van der Waals surface area contributed by atoms with Crippen LogP contribution in [0, 0.1) is 0 Å². The topological polar surface area (TPSA) is 65.6 Å². The van der Waals surface area contributed by atoms with Gasteiger partial charge < -0.3 is 10.6 Å². The molecule has 3 N–H and O–H groups in total. The minimum absolute atomic E-state index is 0.340. The SMILES string of the molecule is c1ccc2c(c1)CC[C@H]2Nc1ccc2c(NCc3cc[nH]n3)cccc2n1. The van der Waals surface area contributed by atoms with E-state index in [2.05, 4.69) is 69.4 Å². The number of aromatic amines is 1. The number of hydrogen-bond acceptors (Lipinski definition) is 4. The molecule has 2 heterocycles. The quantitative estimate of drug-likeness (QED) is 0.487. The second-order valence-corrected chi connectivity index (χ2v) is 6.92. The molecule has 0 unspecified atom stereocenters. The predicted molar refractivity (Wildman–Crippen MR) is 109 cm³/mol. The van der Waals surface area contributed by atoms with Crippen LogP contribution >= 0.6 is 0 Å². The number of pyridine rings is 1. The van der Waals surface area contributed by atoms with Crippen molar-refractivity contribution in [3.05, 3.63) is 83.7 Å². The summed E-state index contributed by atoms with van der Waals surface area (Å²) in [6.07, 6.45) is 4.08. The van der Waals surface area contributed by atoms with Crippen molar-refractivity contribution < 1.29 is 0 Å². The number of nitrogens with zero attached hydrogens (tertiary/aromatic N) is 2. The standard InChI is InChI=1S/C22H21N5/c1-2-5-17-15(4-1)8-10-21(17)26-22-11-9-18-19(6-3-7-20(18)25-22)23-14-16-12-13-24-27-16/h1-7,9,11-13,21,23H,8,10,14H2,(H,24,27)(H,25,26)/t21-/m1/s1. The van der Waals surface area contributed by atoms with Gasteiger partial charge in [-0.1, -0.05) is 30.3 Å². The average Bonchev–Trinajstić information content (AvgIpc) is 3.36. The summed E-state index contributed by atoms with van der Waals surface area (Å²) in [7, 11) is 0. The van der Waals surface area contributed by atoms with E-state index in [0.29, 0.717) is 12.6 Å². The summed E-state index contributed by atoms with van der Waals surface area (Å²) >= 11 is 0. The first-order valence-corrected chi connectivity index (χ1v) is 9.33. The lowest BCUT2D eigenvalue weighted by Gasteiger charge is -2.16. The predicted octanol–water partition coefficient (Wildman–Crippen LogP) is 4.67. The van der Waals surface area contributed by atoms with Crippen LogP contribution in [-0.2, 0) is 13.0 Å². The molecule has 4 aromatic rings. The van der Waals surface area contributed by atoms with Crippen molar-refractivity contribution in [3.63, 3.8) is 0 Å². The van der Waals surface area contributed by atoms with E-state index in [0.717, 1.165) is 40.9 Å². The fourth-order valence-electron chi connectivity index (χ4n) is 3.85. The third-order valence-electron chi connectivity index (χ3n) is 5.21. The highest BCUT2D eigenvalue weighted by Crippen LogP contribution is 2.34. The Hall–Kier alpha value is -3.34. The first kappa shape index (κ1) is 15.9. The zero-order valence-electron chi connectivity index (χ0n) is 14.9. The molecule has 5 rings (SSSR count). The number of hydrogen-bond donors (Lipinski definition) is 3. The lowest BCUT2D eigenvalue weighted by Crippen LogP contribution is -2.08. The fraction of sp³-hybridized carbons (Fsp3) is 0.182. The molecule has 0 radical (unpaired) electrons. The van der Waals surface area contributed by atoms with Gasteiger partial charge in [-0.05, 0) is 54.3 Å². The summed E-state index contributed by atoms with van der Waals surface area (Å²) in [6, 6.07) is 21.4. The number of fused-ring (bicyclic) bond motifs is 2. The number of benzene rings is 2. The first-order chi connectivity index (χ1) is 13.4. The summed E-state index contributed by atoms with van der Waals surface area (Å²) in [4.78, 5) is 4.84. The molecule has 1 aliphatic rings. The minimum Gasteiger partial charge on any atom is -0.379 e. The van der Waals surface area contributed by atoms with Crippen molar-refractivity contribution in [2.45, 2.75) is 25.4 Å². The number of nitrogens with one attached hydrogen (secondary N) is 3. The molecule has 0 spiro atoms.